The molecule has 1 N–H and O–H groups in total. The summed E-state index contributed by atoms with van der Waals surface area (Å²) in [5.74, 6) is -3.05. The van der Waals surface area contributed by atoms with Crippen LogP contribution in [0.5, 0.6) is 0 Å². The fourth-order valence-corrected chi connectivity index (χ4v) is 6.79. The third-order valence-electron chi connectivity index (χ3n) is 5.66. The van der Waals surface area contributed by atoms with Crippen molar-refractivity contribution in [2.45, 2.75) is 58.0 Å². The van der Waals surface area contributed by atoms with E-state index in [0.29, 0.717) is 28.5 Å². The summed E-state index contributed by atoms with van der Waals surface area (Å²) >= 11 is 0.693. The van der Waals surface area contributed by atoms with E-state index in [0.717, 1.165) is 6.07 Å². The highest BCUT2D eigenvalue weighted by Gasteiger charge is 2.47. The van der Waals surface area contributed by atoms with Gasteiger partial charge in [-0.15, -0.1) is 11.3 Å². The standard InChI is InChI=1S/C26H30F4N4O5S2/c1-15(2)10-20-12-21(18-6-7-19(22(27)11-18)14-33-9-8-31-17(33)5)23(40-20)41(37,38)34(25(36)32-13-16(3)4)39-24(35)26(28,29)30/h6-9,11-12,15-16H,10,13-14H2,1-5H3,(H,32,36). The summed E-state index contributed by atoms with van der Waals surface area (Å²) in [6.45, 7) is 8.87. The lowest BCUT2D eigenvalue weighted by Crippen LogP contribution is -2.47. The number of carbonyl (C=O) groups excluding carboxylic acids is 2. The van der Waals surface area contributed by atoms with Gasteiger partial charge in [-0.3, -0.25) is 0 Å². The molecule has 0 atom stereocenters. The van der Waals surface area contributed by atoms with Gasteiger partial charge in [0.15, 0.2) is 4.21 Å². The van der Waals surface area contributed by atoms with Crippen molar-refractivity contribution in [3.8, 4) is 11.1 Å². The lowest BCUT2D eigenvalue weighted by molar-refractivity contribution is -0.216. The summed E-state index contributed by atoms with van der Waals surface area (Å²) in [7, 11) is -5.20. The van der Waals surface area contributed by atoms with E-state index in [-0.39, 0.29) is 41.6 Å². The Kier molecular flexibility index (Phi) is 9.85. The molecule has 0 radical (unpaired) electrons. The molecule has 0 spiro atoms. The molecule has 0 saturated heterocycles. The van der Waals surface area contributed by atoms with Crippen LogP contribution < -0.4 is 5.32 Å². The summed E-state index contributed by atoms with van der Waals surface area (Å²) in [6, 6.07) is 3.92. The summed E-state index contributed by atoms with van der Waals surface area (Å²) < 4.78 is 82.3. The molecular formula is C26H30F4N4O5S2. The van der Waals surface area contributed by atoms with Crippen LogP contribution in [-0.2, 0) is 32.6 Å². The van der Waals surface area contributed by atoms with Crippen molar-refractivity contribution in [2.24, 2.45) is 11.8 Å². The van der Waals surface area contributed by atoms with Crippen molar-refractivity contribution >= 4 is 33.4 Å². The number of nitrogens with zero attached hydrogens (tertiary/aromatic N) is 3. The lowest BCUT2D eigenvalue weighted by atomic mass is 10.0. The summed E-state index contributed by atoms with van der Waals surface area (Å²) in [4.78, 5) is 33.1. The van der Waals surface area contributed by atoms with E-state index in [2.05, 4.69) is 15.1 Å². The Morgan fingerprint density at radius 1 is 1.15 bits per heavy atom. The summed E-state index contributed by atoms with van der Waals surface area (Å²) in [5, 5.41) is 2.16. The zero-order valence-corrected chi connectivity index (χ0v) is 24.6. The van der Waals surface area contributed by atoms with Gasteiger partial charge in [0.1, 0.15) is 11.6 Å². The smallest absolute Gasteiger partial charge is 0.334 e. The predicted octanol–water partition coefficient (Wildman–Crippen LogP) is 5.68. The SMILES string of the molecule is Cc1nccn1Cc1ccc(-c2cc(CC(C)C)sc2S(=O)(=O)N(OC(=O)C(F)(F)F)C(=O)NCC(C)C)cc1F. The van der Waals surface area contributed by atoms with Crippen molar-refractivity contribution in [1.82, 2.24) is 19.3 Å². The molecule has 3 aromatic rings. The number of halogens is 4. The number of hydroxylamine groups is 1. The minimum atomic E-state index is -5.58. The molecule has 3 rings (SSSR count). The number of carbonyl (C=O) groups is 2. The first-order chi connectivity index (χ1) is 19.0. The predicted molar refractivity (Wildman–Crippen MR) is 144 cm³/mol. The van der Waals surface area contributed by atoms with E-state index in [1.807, 2.05) is 13.8 Å². The largest absolute Gasteiger partial charge is 0.493 e. The Morgan fingerprint density at radius 2 is 1.83 bits per heavy atom. The zero-order valence-electron chi connectivity index (χ0n) is 23.0. The third kappa shape index (κ3) is 7.85. The molecule has 41 heavy (non-hydrogen) atoms. The average Bonchev–Trinajstić information content (AvgIpc) is 3.47. The Hall–Kier alpha value is -3.46. The van der Waals surface area contributed by atoms with Crippen LogP contribution in [0.15, 0.2) is 40.9 Å². The maximum Gasteiger partial charge on any atom is 0.493 e. The van der Waals surface area contributed by atoms with E-state index in [4.69, 9.17) is 0 Å². The number of urea groups is 1. The first-order valence-electron chi connectivity index (χ1n) is 12.5. The minimum absolute atomic E-state index is 0.0559. The molecule has 1 aromatic carbocycles. The first-order valence-corrected chi connectivity index (χ1v) is 14.8. The Morgan fingerprint density at radius 3 is 2.37 bits per heavy atom. The molecular weight excluding hydrogens is 588 g/mol. The molecule has 0 saturated carbocycles. The van der Waals surface area contributed by atoms with Gasteiger partial charge in [0, 0.05) is 34.9 Å². The minimum Gasteiger partial charge on any atom is -0.334 e. The highest BCUT2D eigenvalue weighted by atomic mass is 32.2. The number of rotatable bonds is 9. The van der Waals surface area contributed by atoms with E-state index >= 15 is 4.39 Å². The first kappa shape index (κ1) is 32.1. The second kappa shape index (κ2) is 12.6. The van der Waals surface area contributed by atoms with Gasteiger partial charge in [-0.05, 0) is 47.3 Å². The van der Waals surface area contributed by atoms with Crippen LogP contribution in [0.4, 0.5) is 22.4 Å². The molecule has 0 aliphatic carbocycles. The maximum atomic E-state index is 15.2. The fraction of sp³-hybridized carbons (Fsp3) is 0.423. The van der Waals surface area contributed by atoms with Gasteiger partial charge in [0.25, 0.3) is 0 Å². The number of sulfonamides is 1. The molecule has 9 nitrogen and oxygen atoms in total. The van der Waals surface area contributed by atoms with E-state index in [1.165, 1.54) is 18.2 Å². The number of amides is 2. The number of aromatic nitrogens is 2. The van der Waals surface area contributed by atoms with Crippen LogP contribution in [0, 0.1) is 24.6 Å². The Balaban J connectivity index is 2.11. The number of alkyl halides is 3. The Labute approximate surface area is 239 Å². The van der Waals surface area contributed by atoms with E-state index in [9.17, 15) is 31.2 Å². The summed E-state index contributed by atoms with van der Waals surface area (Å²) in [6.07, 6.45) is -1.96. The Bertz CT molecular complexity index is 1510. The number of hydrogen-bond donors (Lipinski definition) is 1. The van der Waals surface area contributed by atoms with Crippen LogP contribution in [0.1, 0.15) is 44.0 Å². The van der Waals surface area contributed by atoms with E-state index in [1.54, 1.807) is 37.7 Å². The second-order valence-electron chi connectivity index (χ2n) is 10.1. The van der Waals surface area contributed by atoms with Gasteiger partial charge >= 0.3 is 28.2 Å². The van der Waals surface area contributed by atoms with Crippen LogP contribution in [0.3, 0.4) is 0 Å². The van der Waals surface area contributed by atoms with E-state index < -0.39 is 42.7 Å². The highest BCUT2D eigenvalue weighted by molar-refractivity contribution is 7.91. The zero-order chi connectivity index (χ0) is 30.7. The second-order valence-corrected chi connectivity index (χ2v) is 13.2. The number of hydrogen-bond acceptors (Lipinski definition) is 7. The number of nitrogens with one attached hydrogen (secondary N) is 1. The quantitative estimate of drug-likeness (QED) is 0.244. The average molecular weight is 619 g/mol. The van der Waals surface area contributed by atoms with Gasteiger partial charge in [0.2, 0.25) is 0 Å². The normalized spacial score (nSPS) is 12.2. The lowest BCUT2D eigenvalue weighted by Gasteiger charge is -2.22. The molecule has 224 valence electrons. The number of imidazole rings is 1. The van der Waals surface area contributed by atoms with Crippen molar-refractivity contribution in [1.29, 1.82) is 0 Å². The maximum absolute atomic E-state index is 15.2. The molecule has 0 aliphatic heterocycles. The highest BCUT2D eigenvalue weighted by Crippen LogP contribution is 2.39. The fourth-order valence-electron chi connectivity index (χ4n) is 3.67. The monoisotopic (exact) mass is 618 g/mol. The molecule has 0 unspecified atom stereocenters. The van der Waals surface area contributed by atoms with Crippen LogP contribution >= 0.6 is 11.3 Å². The topological polar surface area (TPSA) is 111 Å². The number of benzene rings is 1. The molecule has 2 heterocycles. The van der Waals surface area contributed by atoms with Crippen molar-refractivity contribution in [3.05, 3.63) is 58.7 Å². The van der Waals surface area contributed by atoms with Gasteiger partial charge in [-0.25, -0.2) is 19.0 Å². The third-order valence-corrected chi connectivity index (χ3v) is 8.86. The van der Waals surface area contributed by atoms with Gasteiger partial charge < -0.3 is 14.7 Å². The van der Waals surface area contributed by atoms with Crippen LogP contribution in [0.2, 0.25) is 0 Å². The van der Waals surface area contributed by atoms with Crippen molar-refractivity contribution in [3.63, 3.8) is 0 Å². The molecule has 0 aliphatic rings. The number of thiophene rings is 1. The molecule has 0 bridgehead atoms. The van der Waals surface area contributed by atoms with Gasteiger partial charge in [-0.1, -0.05) is 39.8 Å². The van der Waals surface area contributed by atoms with Gasteiger partial charge in [-0.2, -0.15) is 21.6 Å². The van der Waals surface area contributed by atoms with Gasteiger partial charge in [0.05, 0.1) is 6.54 Å². The summed E-state index contributed by atoms with van der Waals surface area (Å²) in [5.41, 5.74) is 0.327. The molecule has 15 heteroatoms. The van der Waals surface area contributed by atoms with Crippen molar-refractivity contribution < 1.29 is 40.4 Å². The van der Waals surface area contributed by atoms with Crippen molar-refractivity contribution in [2.75, 3.05) is 6.54 Å². The molecule has 0 fully saturated rings. The van der Waals surface area contributed by atoms with Crippen LogP contribution in [0.25, 0.3) is 11.1 Å². The number of aryl methyl sites for hydroxylation is 1. The molecule has 2 amide bonds. The van der Waals surface area contributed by atoms with Crippen LogP contribution in [-0.4, -0.2) is 47.2 Å². The molecule has 2 aromatic heterocycles.